The zero-order valence-electron chi connectivity index (χ0n) is 17.6. The molecule has 4 unspecified atom stereocenters. The minimum atomic E-state index is -1.20. The van der Waals surface area contributed by atoms with Gasteiger partial charge in [0.1, 0.15) is 5.54 Å². The average molecular weight is 470 g/mol. The number of nitrogens with zero attached hydrogens (tertiary/aromatic N) is 2. The van der Waals surface area contributed by atoms with E-state index in [1.165, 1.54) is 4.90 Å². The topological polar surface area (TPSA) is 69.7 Å². The van der Waals surface area contributed by atoms with Crippen molar-refractivity contribution in [3.8, 4) is 0 Å². The summed E-state index contributed by atoms with van der Waals surface area (Å²) in [6.07, 6.45) is 1.65. The largest absolute Gasteiger partial charge is 0.324 e. The van der Waals surface area contributed by atoms with Gasteiger partial charge in [0.05, 0.1) is 23.2 Å². The molecule has 2 aromatic rings. The molecule has 3 saturated heterocycles. The highest BCUT2D eigenvalue weighted by Gasteiger charge is 2.74. The van der Waals surface area contributed by atoms with E-state index in [-0.39, 0.29) is 23.8 Å². The lowest BCUT2D eigenvalue weighted by atomic mass is 9.75. The molecule has 1 N–H and O–H groups in total. The zero-order chi connectivity index (χ0) is 22.5. The van der Waals surface area contributed by atoms with Crippen molar-refractivity contribution in [1.82, 2.24) is 4.90 Å². The van der Waals surface area contributed by atoms with Crippen LogP contribution in [0.1, 0.15) is 29.5 Å². The van der Waals surface area contributed by atoms with Crippen LogP contribution in [0.25, 0.3) is 0 Å². The van der Waals surface area contributed by atoms with Gasteiger partial charge in [0.15, 0.2) is 0 Å². The predicted molar refractivity (Wildman–Crippen MR) is 122 cm³/mol. The number of halogens is 2. The van der Waals surface area contributed by atoms with E-state index in [0.29, 0.717) is 33.5 Å². The first kappa shape index (κ1) is 20.2. The number of amides is 3. The highest BCUT2D eigenvalue weighted by atomic mass is 35.5. The summed E-state index contributed by atoms with van der Waals surface area (Å²) in [6, 6.07) is 8.67. The summed E-state index contributed by atoms with van der Waals surface area (Å²) >= 11 is 12.6. The van der Waals surface area contributed by atoms with Crippen molar-refractivity contribution in [3.05, 3.63) is 57.1 Å². The molecule has 6 nitrogen and oxygen atoms in total. The summed E-state index contributed by atoms with van der Waals surface area (Å²) in [7, 11) is 0. The molecule has 0 aliphatic carbocycles. The van der Waals surface area contributed by atoms with Crippen LogP contribution in [0.3, 0.4) is 0 Å². The summed E-state index contributed by atoms with van der Waals surface area (Å²) in [5.41, 5.74) is 2.14. The van der Waals surface area contributed by atoms with Gasteiger partial charge in [-0.1, -0.05) is 35.3 Å². The third-order valence-electron chi connectivity index (χ3n) is 7.84. The Bertz CT molecular complexity index is 1250. The molecule has 3 fully saturated rings. The summed E-state index contributed by atoms with van der Waals surface area (Å²) in [6.45, 7) is 4.33. The Hall–Kier alpha value is -2.41. The molecule has 164 valence electrons. The molecule has 4 atom stereocenters. The molecule has 1 spiro atoms. The maximum atomic E-state index is 14.0. The van der Waals surface area contributed by atoms with Crippen LogP contribution in [0.5, 0.6) is 0 Å². The quantitative estimate of drug-likeness (QED) is 0.639. The van der Waals surface area contributed by atoms with Crippen molar-refractivity contribution < 1.29 is 14.4 Å². The molecule has 3 amide bonds. The Labute approximate surface area is 195 Å². The summed E-state index contributed by atoms with van der Waals surface area (Å²) in [4.78, 5) is 44.8. The van der Waals surface area contributed by atoms with Crippen LogP contribution in [-0.4, -0.2) is 35.2 Å². The molecule has 8 heteroatoms. The van der Waals surface area contributed by atoms with Crippen LogP contribution in [0, 0.1) is 25.7 Å². The van der Waals surface area contributed by atoms with E-state index in [0.717, 1.165) is 24.0 Å². The van der Waals surface area contributed by atoms with Crippen LogP contribution >= 0.6 is 23.2 Å². The Balaban J connectivity index is 1.58. The number of benzene rings is 2. The molecule has 4 aliphatic rings. The summed E-state index contributed by atoms with van der Waals surface area (Å²) in [5, 5.41) is 4.05. The molecule has 0 aromatic heterocycles. The second kappa shape index (κ2) is 6.56. The Kier molecular flexibility index (Phi) is 4.15. The smallest absolute Gasteiger partial charge is 0.250 e. The minimum absolute atomic E-state index is 0.159. The average Bonchev–Trinajstić information content (AvgIpc) is 3.46. The van der Waals surface area contributed by atoms with Crippen molar-refractivity contribution in [2.75, 3.05) is 16.8 Å². The Morgan fingerprint density at radius 1 is 1.00 bits per heavy atom. The first-order valence-electron chi connectivity index (χ1n) is 10.8. The lowest BCUT2D eigenvalue weighted by Gasteiger charge is -2.36. The van der Waals surface area contributed by atoms with E-state index in [1.807, 2.05) is 13.0 Å². The van der Waals surface area contributed by atoms with E-state index >= 15 is 0 Å². The van der Waals surface area contributed by atoms with Crippen LogP contribution in [0.15, 0.2) is 30.3 Å². The molecular formula is C24H21Cl2N3O3. The van der Waals surface area contributed by atoms with Crippen molar-refractivity contribution in [3.63, 3.8) is 0 Å². The highest BCUT2D eigenvalue weighted by molar-refractivity contribution is 6.33. The highest BCUT2D eigenvalue weighted by Crippen LogP contribution is 2.61. The van der Waals surface area contributed by atoms with Gasteiger partial charge >= 0.3 is 0 Å². The summed E-state index contributed by atoms with van der Waals surface area (Å²) < 4.78 is 0. The molecule has 0 radical (unpaired) electrons. The second-order valence-corrected chi connectivity index (χ2v) is 9.93. The number of fused-ring (bicyclic) bond motifs is 7. The molecule has 0 saturated carbocycles. The minimum Gasteiger partial charge on any atom is -0.324 e. The molecular weight excluding hydrogens is 449 g/mol. The van der Waals surface area contributed by atoms with Crippen LogP contribution < -0.4 is 10.2 Å². The zero-order valence-corrected chi connectivity index (χ0v) is 19.1. The van der Waals surface area contributed by atoms with Crippen molar-refractivity contribution in [2.24, 2.45) is 11.8 Å². The number of carbonyl (C=O) groups excluding carboxylic acids is 3. The molecule has 2 aromatic carbocycles. The van der Waals surface area contributed by atoms with Crippen LogP contribution in [-0.2, 0) is 19.9 Å². The fourth-order valence-electron chi connectivity index (χ4n) is 6.47. The molecule has 4 aliphatic heterocycles. The molecule has 32 heavy (non-hydrogen) atoms. The van der Waals surface area contributed by atoms with Gasteiger partial charge in [-0.05, 0) is 62.6 Å². The van der Waals surface area contributed by atoms with Crippen molar-refractivity contribution in [1.29, 1.82) is 0 Å². The maximum Gasteiger partial charge on any atom is 0.250 e. The van der Waals surface area contributed by atoms with Crippen molar-refractivity contribution in [2.45, 2.75) is 38.3 Å². The van der Waals surface area contributed by atoms with Crippen molar-refractivity contribution >= 4 is 52.3 Å². The molecule has 4 heterocycles. The number of hydrogen-bond acceptors (Lipinski definition) is 4. The van der Waals surface area contributed by atoms with Gasteiger partial charge in [-0.2, -0.15) is 0 Å². The van der Waals surface area contributed by atoms with Gasteiger partial charge < -0.3 is 5.32 Å². The van der Waals surface area contributed by atoms with Gasteiger partial charge in [0, 0.05) is 21.7 Å². The predicted octanol–water partition coefficient (Wildman–Crippen LogP) is 4.04. The van der Waals surface area contributed by atoms with E-state index in [9.17, 15) is 14.4 Å². The van der Waals surface area contributed by atoms with Gasteiger partial charge in [0.25, 0.3) is 0 Å². The number of carbonyl (C=O) groups is 3. The van der Waals surface area contributed by atoms with Crippen LogP contribution in [0.2, 0.25) is 10.0 Å². The normalized spacial score (nSPS) is 30.8. The number of imide groups is 1. The van der Waals surface area contributed by atoms with E-state index in [4.69, 9.17) is 23.2 Å². The fraction of sp³-hybridized carbons (Fsp3) is 0.375. The van der Waals surface area contributed by atoms with E-state index < -0.39 is 17.4 Å². The lowest BCUT2D eigenvalue weighted by molar-refractivity contribution is -0.135. The van der Waals surface area contributed by atoms with Gasteiger partial charge in [0.2, 0.25) is 17.7 Å². The maximum absolute atomic E-state index is 14.0. The van der Waals surface area contributed by atoms with Crippen LogP contribution in [0.4, 0.5) is 11.4 Å². The lowest BCUT2D eigenvalue weighted by Crippen LogP contribution is -2.54. The summed E-state index contributed by atoms with van der Waals surface area (Å²) in [5.74, 6) is -2.19. The fourth-order valence-corrected chi connectivity index (χ4v) is 6.79. The number of rotatable bonds is 1. The van der Waals surface area contributed by atoms with Gasteiger partial charge in [-0.25, -0.2) is 4.90 Å². The number of anilines is 2. The first-order chi connectivity index (χ1) is 15.3. The SMILES string of the molecule is Cc1c(Cl)cccc1N1C(=O)C2C3CCCN3C3(C(=O)Nc4c3ccc(Cl)c4C)C2C1=O. The second-order valence-electron chi connectivity index (χ2n) is 9.12. The van der Waals surface area contributed by atoms with Gasteiger partial charge in [-0.15, -0.1) is 0 Å². The molecule has 6 rings (SSSR count). The standard InChI is InChI=1S/C24H21Cl2N3O3/c1-11-14(25)5-3-6-16(11)29-21(30)18-17-7-4-10-28(17)24(19(18)22(29)31)13-8-9-15(26)12(2)20(13)27-23(24)32/h3,5-6,8-9,17-19H,4,7,10H2,1-2H3,(H,27,32). The van der Waals surface area contributed by atoms with E-state index in [2.05, 4.69) is 10.2 Å². The monoisotopic (exact) mass is 469 g/mol. The number of hydrogen-bond donors (Lipinski definition) is 1. The Morgan fingerprint density at radius 2 is 1.75 bits per heavy atom. The first-order valence-corrected chi connectivity index (χ1v) is 11.6. The number of nitrogens with one attached hydrogen (secondary N) is 1. The third-order valence-corrected chi connectivity index (χ3v) is 8.66. The van der Waals surface area contributed by atoms with E-state index in [1.54, 1.807) is 31.2 Å². The third kappa shape index (κ3) is 2.18. The van der Waals surface area contributed by atoms with Gasteiger partial charge in [-0.3, -0.25) is 19.3 Å². The molecule has 0 bridgehead atoms. The Morgan fingerprint density at radius 3 is 2.53 bits per heavy atom.